The monoisotopic (exact) mass is 262 g/mol. The van der Waals surface area contributed by atoms with Crippen LogP contribution in [-0.2, 0) is 0 Å². The van der Waals surface area contributed by atoms with Gasteiger partial charge in [0.05, 0.1) is 0 Å². The molecular weight excluding hydrogens is 232 g/mol. The number of benzene rings is 1. The summed E-state index contributed by atoms with van der Waals surface area (Å²) in [5, 5.41) is 0. The summed E-state index contributed by atoms with van der Waals surface area (Å²) in [5.41, 5.74) is 8.77. The molecule has 0 amide bonds. The van der Waals surface area contributed by atoms with E-state index in [1.165, 1.54) is 11.1 Å². The summed E-state index contributed by atoms with van der Waals surface area (Å²) in [6.45, 7) is 12.9. The molecule has 0 aliphatic carbocycles. The van der Waals surface area contributed by atoms with E-state index in [0.717, 1.165) is 13.1 Å². The van der Waals surface area contributed by atoms with Crippen LogP contribution in [0.4, 0.5) is 0 Å². The molecule has 0 aliphatic heterocycles. The van der Waals surface area contributed by atoms with E-state index in [0.29, 0.717) is 12.0 Å². The van der Waals surface area contributed by atoms with Crippen LogP contribution < -0.4 is 5.73 Å². The van der Waals surface area contributed by atoms with E-state index >= 15 is 0 Å². The first kappa shape index (κ1) is 16.2. The third-order valence-electron chi connectivity index (χ3n) is 3.98. The van der Waals surface area contributed by atoms with E-state index < -0.39 is 0 Å². The van der Waals surface area contributed by atoms with Crippen molar-refractivity contribution in [2.75, 3.05) is 20.1 Å². The van der Waals surface area contributed by atoms with E-state index in [1.54, 1.807) is 0 Å². The predicted octanol–water partition coefficient (Wildman–Crippen LogP) is 3.79. The van der Waals surface area contributed by atoms with Gasteiger partial charge in [0.2, 0.25) is 0 Å². The smallest absolute Gasteiger partial charge is 0.0317 e. The third-order valence-corrected chi connectivity index (χ3v) is 3.98. The summed E-state index contributed by atoms with van der Waals surface area (Å²) >= 11 is 0. The van der Waals surface area contributed by atoms with E-state index in [1.807, 2.05) is 0 Å². The molecule has 0 saturated carbocycles. The summed E-state index contributed by atoms with van der Waals surface area (Å²) in [4.78, 5) is 2.39. The molecule has 0 bridgehead atoms. The van der Waals surface area contributed by atoms with Crippen molar-refractivity contribution in [1.29, 1.82) is 0 Å². The molecule has 0 heterocycles. The molecule has 0 saturated heterocycles. The number of nitrogens with two attached hydrogens (primary N) is 1. The van der Waals surface area contributed by atoms with Gasteiger partial charge >= 0.3 is 0 Å². The zero-order valence-corrected chi connectivity index (χ0v) is 13.4. The fourth-order valence-electron chi connectivity index (χ4n) is 2.29. The first-order valence-electron chi connectivity index (χ1n) is 7.27. The van der Waals surface area contributed by atoms with Crippen molar-refractivity contribution in [2.24, 2.45) is 11.1 Å². The first-order valence-corrected chi connectivity index (χ1v) is 7.27. The van der Waals surface area contributed by atoms with Crippen LogP contribution in [0.15, 0.2) is 24.3 Å². The first-order chi connectivity index (χ1) is 8.76. The second-order valence-electron chi connectivity index (χ2n) is 6.78. The predicted molar refractivity (Wildman–Crippen MR) is 84.4 cm³/mol. The van der Waals surface area contributed by atoms with Crippen LogP contribution in [0.3, 0.4) is 0 Å². The van der Waals surface area contributed by atoms with Crippen LogP contribution in [-0.4, -0.2) is 25.0 Å². The molecule has 0 radical (unpaired) electrons. The standard InChI is InChI=1S/C17H30N2/c1-13(2)15-7-9-16(10-8-15)14(3)19(6)12-17(4,5)11-18/h7-10,13-14H,11-12,18H2,1-6H3. The van der Waals surface area contributed by atoms with Gasteiger partial charge in [-0.3, -0.25) is 4.90 Å². The van der Waals surface area contributed by atoms with Gasteiger partial charge in [-0.25, -0.2) is 0 Å². The molecule has 1 aromatic carbocycles. The normalized spacial score (nSPS) is 14.2. The van der Waals surface area contributed by atoms with Gasteiger partial charge in [-0.05, 0) is 43.0 Å². The van der Waals surface area contributed by atoms with Gasteiger partial charge in [0.15, 0.2) is 0 Å². The minimum Gasteiger partial charge on any atom is -0.330 e. The molecule has 1 unspecified atom stereocenters. The molecule has 1 atom stereocenters. The number of nitrogens with zero attached hydrogens (tertiary/aromatic N) is 1. The maximum Gasteiger partial charge on any atom is 0.0317 e. The highest BCUT2D eigenvalue weighted by Crippen LogP contribution is 2.25. The molecule has 1 aromatic rings. The highest BCUT2D eigenvalue weighted by Gasteiger charge is 2.21. The molecular formula is C17H30N2. The van der Waals surface area contributed by atoms with Gasteiger partial charge in [-0.15, -0.1) is 0 Å². The Morgan fingerprint density at radius 2 is 1.53 bits per heavy atom. The summed E-state index contributed by atoms with van der Waals surface area (Å²) in [7, 11) is 2.18. The molecule has 0 aliphatic rings. The summed E-state index contributed by atoms with van der Waals surface area (Å²) < 4.78 is 0. The number of hydrogen-bond donors (Lipinski definition) is 1. The Balaban J connectivity index is 2.74. The van der Waals surface area contributed by atoms with Gasteiger partial charge in [0.1, 0.15) is 0 Å². The molecule has 2 heteroatoms. The summed E-state index contributed by atoms with van der Waals surface area (Å²) in [5.74, 6) is 0.596. The Bertz CT molecular complexity index is 379. The highest BCUT2D eigenvalue weighted by atomic mass is 15.1. The molecule has 0 aromatic heterocycles. The van der Waals surface area contributed by atoms with Crippen LogP contribution in [0.5, 0.6) is 0 Å². The lowest BCUT2D eigenvalue weighted by atomic mass is 9.92. The molecule has 108 valence electrons. The molecule has 0 spiro atoms. The lowest BCUT2D eigenvalue weighted by Gasteiger charge is -2.33. The Morgan fingerprint density at radius 1 is 1.05 bits per heavy atom. The maximum absolute atomic E-state index is 5.82. The van der Waals surface area contributed by atoms with Gasteiger partial charge < -0.3 is 5.73 Å². The van der Waals surface area contributed by atoms with Crippen molar-refractivity contribution < 1.29 is 0 Å². The zero-order valence-electron chi connectivity index (χ0n) is 13.4. The van der Waals surface area contributed by atoms with Crippen molar-refractivity contribution in [1.82, 2.24) is 4.90 Å². The van der Waals surface area contributed by atoms with E-state index in [4.69, 9.17) is 5.73 Å². The zero-order chi connectivity index (χ0) is 14.6. The Hall–Kier alpha value is -0.860. The molecule has 2 N–H and O–H groups in total. The number of rotatable bonds is 6. The average Bonchev–Trinajstić information content (AvgIpc) is 2.37. The van der Waals surface area contributed by atoms with Crippen LogP contribution in [0.1, 0.15) is 57.7 Å². The quantitative estimate of drug-likeness (QED) is 0.845. The van der Waals surface area contributed by atoms with E-state index in [-0.39, 0.29) is 5.41 Å². The number of hydrogen-bond acceptors (Lipinski definition) is 2. The Morgan fingerprint density at radius 3 is 1.95 bits per heavy atom. The lowest BCUT2D eigenvalue weighted by Crippen LogP contribution is -2.37. The van der Waals surface area contributed by atoms with Crippen molar-refractivity contribution in [3.05, 3.63) is 35.4 Å². The van der Waals surface area contributed by atoms with E-state index in [2.05, 4.69) is 70.8 Å². The van der Waals surface area contributed by atoms with Gasteiger partial charge in [0, 0.05) is 12.6 Å². The third kappa shape index (κ3) is 4.63. The second-order valence-corrected chi connectivity index (χ2v) is 6.78. The van der Waals surface area contributed by atoms with Crippen molar-refractivity contribution in [3.8, 4) is 0 Å². The Kier molecular flexibility index (Phi) is 5.57. The van der Waals surface area contributed by atoms with Crippen LogP contribution >= 0.6 is 0 Å². The lowest BCUT2D eigenvalue weighted by molar-refractivity contribution is 0.174. The maximum atomic E-state index is 5.82. The fraction of sp³-hybridized carbons (Fsp3) is 0.647. The minimum absolute atomic E-state index is 0.168. The van der Waals surface area contributed by atoms with Crippen LogP contribution in [0.25, 0.3) is 0 Å². The van der Waals surface area contributed by atoms with Crippen LogP contribution in [0.2, 0.25) is 0 Å². The van der Waals surface area contributed by atoms with Crippen molar-refractivity contribution in [3.63, 3.8) is 0 Å². The highest BCUT2D eigenvalue weighted by molar-refractivity contribution is 5.26. The van der Waals surface area contributed by atoms with Crippen molar-refractivity contribution >= 4 is 0 Å². The summed E-state index contributed by atoms with van der Waals surface area (Å²) in [6, 6.07) is 9.43. The van der Waals surface area contributed by atoms with Crippen LogP contribution in [0, 0.1) is 5.41 Å². The van der Waals surface area contributed by atoms with Crippen molar-refractivity contribution in [2.45, 2.75) is 46.6 Å². The van der Waals surface area contributed by atoms with E-state index in [9.17, 15) is 0 Å². The molecule has 19 heavy (non-hydrogen) atoms. The largest absolute Gasteiger partial charge is 0.330 e. The minimum atomic E-state index is 0.168. The topological polar surface area (TPSA) is 29.3 Å². The second kappa shape index (κ2) is 6.53. The Labute approximate surface area is 119 Å². The molecule has 0 fully saturated rings. The molecule has 2 nitrogen and oxygen atoms in total. The van der Waals surface area contributed by atoms with Gasteiger partial charge in [-0.1, -0.05) is 52.0 Å². The average molecular weight is 262 g/mol. The summed E-state index contributed by atoms with van der Waals surface area (Å²) in [6.07, 6.45) is 0. The van der Waals surface area contributed by atoms with Gasteiger partial charge in [0.25, 0.3) is 0 Å². The SMILES string of the molecule is CC(C)c1ccc(C(C)N(C)CC(C)(C)CN)cc1. The molecule has 1 rings (SSSR count). The fourth-order valence-corrected chi connectivity index (χ4v) is 2.29. The van der Waals surface area contributed by atoms with Gasteiger partial charge in [-0.2, -0.15) is 0 Å².